The molecule has 0 aliphatic heterocycles. The van der Waals surface area contributed by atoms with E-state index in [-0.39, 0.29) is 28.6 Å². The van der Waals surface area contributed by atoms with Crippen molar-refractivity contribution in [2.75, 3.05) is 20.2 Å². The van der Waals surface area contributed by atoms with Crippen molar-refractivity contribution in [2.45, 2.75) is 22.6 Å². The standard InChI is InChI=1S/C23H24Cl2N2O5S2/c1-32-22-9-8-21(33(28,29)26-12-10-17-4-2-6-19(24)14-17)16-23(22)34(30,31)27-13-11-18-5-3-7-20(25)15-18/h2-9,14-16,26-27H,10-13H2,1H3. The van der Waals surface area contributed by atoms with Crippen LogP contribution in [0.25, 0.3) is 0 Å². The van der Waals surface area contributed by atoms with Crippen LogP contribution in [-0.4, -0.2) is 37.0 Å². The Hall–Kier alpha value is -2.14. The number of hydrogen-bond acceptors (Lipinski definition) is 5. The third kappa shape index (κ3) is 7.18. The molecule has 0 spiro atoms. The number of nitrogens with one attached hydrogen (secondary N) is 2. The third-order valence-electron chi connectivity index (χ3n) is 4.92. The molecule has 0 heterocycles. The van der Waals surface area contributed by atoms with Crippen molar-refractivity contribution in [2.24, 2.45) is 0 Å². The highest BCUT2D eigenvalue weighted by Crippen LogP contribution is 2.27. The van der Waals surface area contributed by atoms with Gasteiger partial charge in [-0.2, -0.15) is 0 Å². The zero-order chi connectivity index (χ0) is 24.8. The Kier molecular flexibility index (Phi) is 8.97. The topological polar surface area (TPSA) is 102 Å². The van der Waals surface area contributed by atoms with Gasteiger partial charge in [0.05, 0.1) is 12.0 Å². The molecule has 3 aromatic carbocycles. The van der Waals surface area contributed by atoms with Gasteiger partial charge in [-0.25, -0.2) is 26.3 Å². The van der Waals surface area contributed by atoms with Gasteiger partial charge in [0.2, 0.25) is 20.0 Å². The van der Waals surface area contributed by atoms with Crippen molar-refractivity contribution >= 4 is 43.2 Å². The highest BCUT2D eigenvalue weighted by Gasteiger charge is 2.23. The summed E-state index contributed by atoms with van der Waals surface area (Å²) in [6.45, 7) is 0.218. The quantitative estimate of drug-likeness (QED) is 0.380. The van der Waals surface area contributed by atoms with E-state index in [0.717, 1.165) is 17.2 Å². The van der Waals surface area contributed by atoms with Crippen LogP contribution >= 0.6 is 23.2 Å². The summed E-state index contributed by atoms with van der Waals surface area (Å²) in [5.41, 5.74) is 1.74. The second-order valence-corrected chi connectivity index (χ2v) is 11.7. The fourth-order valence-corrected chi connectivity index (χ4v) is 6.02. The number of methoxy groups -OCH3 is 1. The van der Waals surface area contributed by atoms with Gasteiger partial charge in [0.25, 0.3) is 0 Å². The molecule has 2 N–H and O–H groups in total. The summed E-state index contributed by atoms with van der Waals surface area (Å²) in [6.07, 6.45) is 0.831. The fraction of sp³-hybridized carbons (Fsp3) is 0.217. The predicted octanol–water partition coefficient (Wildman–Crippen LogP) is 4.04. The Labute approximate surface area is 210 Å². The van der Waals surface area contributed by atoms with E-state index >= 15 is 0 Å². The van der Waals surface area contributed by atoms with Crippen molar-refractivity contribution in [1.29, 1.82) is 0 Å². The summed E-state index contributed by atoms with van der Waals surface area (Å²) in [6, 6.07) is 17.9. The lowest BCUT2D eigenvalue weighted by Crippen LogP contribution is -2.28. The van der Waals surface area contributed by atoms with Gasteiger partial charge in [-0.1, -0.05) is 47.5 Å². The van der Waals surface area contributed by atoms with Crippen LogP contribution in [-0.2, 0) is 32.9 Å². The second kappa shape index (κ2) is 11.5. The van der Waals surface area contributed by atoms with Crippen molar-refractivity contribution < 1.29 is 21.6 Å². The van der Waals surface area contributed by atoms with Crippen LogP contribution in [0.5, 0.6) is 5.75 Å². The molecule has 0 radical (unpaired) electrons. The first-order valence-electron chi connectivity index (χ1n) is 10.3. The molecule has 0 fully saturated rings. The molecule has 0 aliphatic carbocycles. The summed E-state index contributed by atoms with van der Waals surface area (Å²) in [5.74, 6) is 0.0353. The predicted molar refractivity (Wildman–Crippen MR) is 134 cm³/mol. The van der Waals surface area contributed by atoms with Crippen LogP contribution in [0.3, 0.4) is 0 Å². The van der Waals surface area contributed by atoms with E-state index in [1.165, 1.54) is 19.2 Å². The average Bonchev–Trinajstić information content (AvgIpc) is 2.78. The minimum Gasteiger partial charge on any atom is -0.495 e. The Morgan fingerprint density at radius 3 is 1.76 bits per heavy atom. The molecule has 0 aromatic heterocycles. The maximum absolute atomic E-state index is 12.9. The van der Waals surface area contributed by atoms with Gasteiger partial charge in [0.15, 0.2) is 0 Å². The van der Waals surface area contributed by atoms with E-state index in [1.54, 1.807) is 36.4 Å². The molecule has 11 heteroatoms. The van der Waals surface area contributed by atoms with E-state index < -0.39 is 20.0 Å². The smallest absolute Gasteiger partial charge is 0.244 e. The number of sulfonamides is 2. The lowest BCUT2D eigenvalue weighted by molar-refractivity contribution is 0.401. The molecule has 34 heavy (non-hydrogen) atoms. The molecule has 7 nitrogen and oxygen atoms in total. The van der Waals surface area contributed by atoms with Crippen molar-refractivity contribution in [1.82, 2.24) is 9.44 Å². The molecular formula is C23H24Cl2N2O5S2. The lowest BCUT2D eigenvalue weighted by Gasteiger charge is -2.13. The van der Waals surface area contributed by atoms with E-state index in [9.17, 15) is 16.8 Å². The molecule has 0 saturated heterocycles. The zero-order valence-electron chi connectivity index (χ0n) is 18.3. The number of hydrogen-bond donors (Lipinski definition) is 2. The van der Waals surface area contributed by atoms with Crippen LogP contribution < -0.4 is 14.2 Å². The first kappa shape index (κ1) is 26.5. The highest BCUT2D eigenvalue weighted by molar-refractivity contribution is 7.90. The Balaban J connectivity index is 1.72. The number of benzene rings is 3. The number of halogens is 2. The number of ether oxygens (including phenoxy) is 1. The molecule has 0 saturated carbocycles. The van der Waals surface area contributed by atoms with Crippen LogP contribution in [0.2, 0.25) is 10.0 Å². The molecule has 0 bridgehead atoms. The van der Waals surface area contributed by atoms with Crippen LogP contribution in [0.1, 0.15) is 11.1 Å². The Morgan fingerprint density at radius 1 is 0.735 bits per heavy atom. The van der Waals surface area contributed by atoms with E-state index in [2.05, 4.69) is 9.44 Å². The van der Waals surface area contributed by atoms with Crippen LogP contribution in [0, 0.1) is 0 Å². The van der Waals surface area contributed by atoms with E-state index in [1.807, 2.05) is 12.1 Å². The molecule has 3 aromatic rings. The number of rotatable bonds is 11. The maximum atomic E-state index is 12.9. The SMILES string of the molecule is COc1ccc(S(=O)(=O)NCCc2cccc(Cl)c2)cc1S(=O)(=O)NCCc1cccc(Cl)c1. The van der Waals surface area contributed by atoms with Gasteiger partial charge in [0.1, 0.15) is 10.6 Å². The molecule has 182 valence electrons. The lowest BCUT2D eigenvalue weighted by atomic mass is 10.2. The third-order valence-corrected chi connectivity index (χ3v) is 8.34. The summed E-state index contributed by atoms with van der Waals surface area (Å²) in [4.78, 5) is -0.451. The van der Waals surface area contributed by atoms with E-state index in [0.29, 0.717) is 22.9 Å². The Morgan fingerprint density at radius 2 is 1.26 bits per heavy atom. The van der Waals surface area contributed by atoms with Crippen molar-refractivity contribution in [3.05, 3.63) is 87.9 Å². The summed E-state index contributed by atoms with van der Waals surface area (Å²) in [7, 11) is -6.69. The maximum Gasteiger partial charge on any atom is 0.244 e. The van der Waals surface area contributed by atoms with Crippen molar-refractivity contribution in [3.63, 3.8) is 0 Å². The van der Waals surface area contributed by atoms with Gasteiger partial charge < -0.3 is 4.74 Å². The molecular weight excluding hydrogens is 519 g/mol. The fourth-order valence-electron chi connectivity index (χ4n) is 3.24. The van der Waals surface area contributed by atoms with Crippen LogP contribution in [0.4, 0.5) is 0 Å². The summed E-state index contributed by atoms with van der Waals surface area (Å²) >= 11 is 11.9. The summed E-state index contributed by atoms with van der Waals surface area (Å²) < 4.78 is 61.6. The van der Waals surface area contributed by atoms with Gasteiger partial charge in [-0.15, -0.1) is 0 Å². The summed E-state index contributed by atoms with van der Waals surface area (Å²) in [5, 5.41) is 1.12. The van der Waals surface area contributed by atoms with Gasteiger partial charge in [-0.05, 0) is 66.4 Å². The molecule has 0 unspecified atom stereocenters. The van der Waals surface area contributed by atoms with Gasteiger partial charge >= 0.3 is 0 Å². The minimum absolute atomic E-state index is 0.0353. The first-order valence-corrected chi connectivity index (χ1v) is 14.0. The Bertz CT molecular complexity index is 1360. The van der Waals surface area contributed by atoms with Gasteiger partial charge in [0, 0.05) is 23.1 Å². The minimum atomic E-state index is -4.05. The molecule has 0 atom stereocenters. The van der Waals surface area contributed by atoms with Crippen LogP contribution in [0.15, 0.2) is 76.5 Å². The molecule has 0 aliphatic rings. The molecule has 0 amide bonds. The molecule has 3 rings (SSSR count). The van der Waals surface area contributed by atoms with Gasteiger partial charge in [-0.3, -0.25) is 0 Å². The van der Waals surface area contributed by atoms with Crippen molar-refractivity contribution in [3.8, 4) is 5.75 Å². The van der Waals surface area contributed by atoms with E-state index in [4.69, 9.17) is 27.9 Å². The first-order chi connectivity index (χ1) is 16.1. The normalized spacial score (nSPS) is 12.0. The average molecular weight is 543 g/mol. The zero-order valence-corrected chi connectivity index (χ0v) is 21.4. The largest absolute Gasteiger partial charge is 0.495 e. The second-order valence-electron chi connectivity index (χ2n) is 7.37. The monoisotopic (exact) mass is 542 g/mol. The highest BCUT2D eigenvalue weighted by atomic mass is 35.5.